The largest absolute Gasteiger partial charge is 0.379 e. The SMILES string of the molecule is CC(C)COCCn1cc(S(=O)(=O)Cl)c2c(F)cccc21. The average Bonchev–Trinajstić information content (AvgIpc) is 2.75. The molecule has 0 saturated carbocycles. The van der Waals surface area contributed by atoms with Gasteiger partial charge in [-0.15, -0.1) is 0 Å². The van der Waals surface area contributed by atoms with E-state index in [-0.39, 0.29) is 10.3 Å². The predicted octanol–water partition coefficient (Wildman–Crippen LogP) is 3.38. The van der Waals surface area contributed by atoms with E-state index in [1.54, 1.807) is 10.6 Å². The van der Waals surface area contributed by atoms with Gasteiger partial charge in [0.2, 0.25) is 0 Å². The summed E-state index contributed by atoms with van der Waals surface area (Å²) in [5, 5.41) is 0.0244. The Morgan fingerprint density at radius 2 is 2.10 bits per heavy atom. The van der Waals surface area contributed by atoms with Gasteiger partial charge in [-0.25, -0.2) is 12.8 Å². The number of halogens is 2. The maximum Gasteiger partial charge on any atom is 0.263 e. The molecule has 2 aromatic rings. The summed E-state index contributed by atoms with van der Waals surface area (Å²) in [5.74, 6) is -0.184. The quantitative estimate of drug-likeness (QED) is 0.601. The highest BCUT2D eigenvalue weighted by Crippen LogP contribution is 2.30. The van der Waals surface area contributed by atoms with E-state index in [0.717, 1.165) is 0 Å². The van der Waals surface area contributed by atoms with Crippen molar-refractivity contribution < 1.29 is 17.5 Å². The topological polar surface area (TPSA) is 48.3 Å². The Balaban J connectivity index is 2.35. The molecule has 0 saturated heterocycles. The second-order valence-corrected chi connectivity index (χ2v) is 7.76. The second kappa shape index (κ2) is 6.34. The number of benzene rings is 1. The normalized spacial score (nSPS) is 12.4. The van der Waals surface area contributed by atoms with Crippen LogP contribution in [0.25, 0.3) is 10.9 Å². The van der Waals surface area contributed by atoms with Crippen LogP contribution >= 0.6 is 10.7 Å². The molecule has 0 amide bonds. The van der Waals surface area contributed by atoms with Crippen LogP contribution in [0.3, 0.4) is 0 Å². The van der Waals surface area contributed by atoms with Gasteiger partial charge >= 0.3 is 0 Å². The molecule has 0 aliphatic rings. The minimum Gasteiger partial charge on any atom is -0.379 e. The molecule has 0 fully saturated rings. The summed E-state index contributed by atoms with van der Waals surface area (Å²) in [4.78, 5) is -0.207. The van der Waals surface area contributed by atoms with Gasteiger partial charge in [0.05, 0.1) is 17.5 Å². The number of hydrogen-bond acceptors (Lipinski definition) is 3. The number of rotatable bonds is 6. The van der Waals surface area contributed by atoms with Crippen molar-refractivity contribution >= 4 is 30.6 Å². The molecule has 0 unspecified atom stereocenters. The third kappa shape index (κ3) is 3.75. The van der Waals surface area contributed by atoms with Gasteiger partial charge in [0, 0.05) is 30.0 Å². The van der Waals surface area contributed by atoms with Crippen LogP contribution in [-0.2, 0) is 20.3 Å². The fourth-order valence-corrected chi connectivity index (χ4v) is 3.17. The fraction of sp³-hybridized carbons (Fsp3) is 0.429. The van der Waals surface area contributed by atoms with E-state index in [2.05, 4.69) is 0 Å². The zero-order valence-electron chi connectivity index (χ0n) is 11.8. The van der Waals surface area contributed by atoms with Gasteiger partial charge in [0.25, 0.3) is 9.05 Å². The van der Waals surface area contributed by atoms with Gasteiger partial charge in [-0.2, -0.15) is 0 Å². The molecular weight excluding hydrogens is 317 g/mol. The first-order valence-electron chi connectivity index (χ1n) is 6.60. The zero-order valence-corrected chi connectivity index (χ0v) is 13.4. The molecule has 116 valence electrons. The first kappa shape index (κ1) is 16.3. The number of fused-ring (bicyclic) bond motifs is 1. The van der Waals surface area contributed by atoms with Crippen molar-refractivity contribution in [3.8, 4) is 0 Å². The van der Waals surface area contributed by atoms with Crippen LogP contribution in [0.15, 0.2) is 29.3 Å². The third-order valence-corrected chi connectivity index (χ3v) is 4.34. The Hall–Kier alpha value is -1.11. The van der Waals surface area contributed by atoms with Crippen LogP contribution in [0.5, 0.6) is 0 Å². The van der Waals surface area contributed by atoms with Crippen molar-refractivity contribution in [3.05, 3.63) is 30.2 Å². The van der Waals surface area contributed by atoms with Crippen LogP contribution < -0.4 is 0 Å². The van der Waals surface area contributed by atoms with Crippen LogP contribution in [0.2, 0.25) is 0 Å². The van der Waals surface area contributed by atoms with Crippen LogP contribution in [0.1, 0.15) is 13.8 Å². The van der Waals surface area contributed by atoms with E-state index in [1.165, 1.54) is 18.3 Å². The van der Waals surface area contributed by atoms with Crippen molar-refractivity contribution in [2.75, 3.05) is 13.2 Å². The van der Waals surface area contributed by atoms with Gasteiger partial charge in [0.15, 0.2) is 0 Å². The van der Waals surface area contributed by atoms with Crippen molar-refractivity contribution in [2.45, 2.75) is 25.3 Å². The summed E-state index contributed by atoms with van der Waals surface area (Å²) < 4.78 is 44.2. The van der Waals surface area contributed by atoms with Gasteiger partial charge in [-0.1, -0.05) is 19.9 Å². The molecule has 4 nitrogen and oxygen atoms in total. The molecular formula is C14H17ClFNO3S. The van der Waals surface area contributed by atoms with Gasteiger partial charge in [0.1, 0.15) is 10.7 Å². The van der Waals surface area contributed by atoms with Crippen molar-refractivity contribution in [3.63, 3.8) is 0 Å². The van der Waals surface area contributed by atoms with Crippen molar-refractivity contribution in [1.29, 1.82) is 0 Å². The average molecular weight is 334 g/mol. The number of hydrogen-bond donors (Lipinski definition) is 0. The second-order valence-electron chi connectivity index (χ2n) is 5.23. The third-order valence-electron chi connectivity index (χ3n) is 3.01. The Labute approximate surface area is 127 Å². The summed E-state index contributed by atoms with van der Waals surface area (Å²) in [7, 11) is 1.38. The lowest BCUT2D eigenvalue weighted by Crippen LogP contribution is -2.08. The molecule has 0 spiro atoms. The summed E-state index contributed by atoms with van der Waals surface area (Å²) in [6.07, 6.45) is 1.36. The highest BCUT2D eigenvalue weighted by molar-refractivity contribution is 8.14. The van der Waals surface area contributed by atoms with Crippen LogP contribution in [-0.4, -0.2) is 26.2 Å². The fourth-order valence-electron chi connectivity index (χ4n) is 2.12. The van der Waals surface area contributed by atoms with Gasteiger partial charge in [-0.05, 0) is 18.1 Å². The highest BCUT2D eigenvalue weighted by atomic mass is 35.7. The van der Waals surface area contributed by atoms with Crippen molar-refractivity contribution in [2.24, 2.45) is 5.92 Å². The van der Waals surface area contributed by atoms with E-state index in [9.17, 15) is 12.8 Å². The molecule has 0 aliphatic carbocycles. The number of aromatic nitrogens is 1. The lowest BCUT2D eigenvalue weighted by atomic mass is 10.2. The van der Waals surface area contributed by atoms with E-state index >= 15 is 0 Å². The molecule has 0 bridgehead atoms. The monoisotopic (exact) mass is 333 g/mol. The molecule has 0 aliphatic heterocycles. The highest BCUT2D eigenvalue weighted by Gasteiger charge is 2.21. The van der Waals surface area contributed by atoms with E-state index in [0.29, 0.717) is 31.2 Å². The Morgan fingerprint density at radius 3 is 2.71 bits per heavy atom. The van der Waals surface area contributed by atoms with Crippen molar-refractivity contribution in [1.82, 2.24) is 4.57 Å². The summed E-state index contributed by atoms with van der Waals surface area (Å²) >= 11 is 0. The molecule has 0 radical (unpaired) electrons. The lowest BCUT2D eigenvalue weighted by Gasteiger charge is -2.08. The minimum atomic E-state index is -4.00. The lowest BCUT2D eigenvalue weighted by molar-refractivity contribution is 0.104. The number of nitrogens with zero attached hydrogens (tertiary/aromatic N) is 1. The molecule has 2 rings (SSSR count). The molecule has 0 N–H and O–H groups in total. The molecule has 21 heavy (non-hydrogen) atoms. The van der Waals surface area contributed by atoms with Gasteiger partial charge in [-0.3, -0.25) is 0 Å². The maximum absolute atomic E-state index is 13.9. The predicted molar refractivity (Wildman–Crippen MR) is 80.6 cm³/mol. The summed E-state index contributed by atoms with van der Waals surface area (Å²) in [5.41, 5.74) is 0.488. The van der Waals surface area contributed by atoms with E-state index in [4.69, 9.17) is 15.4 Å². The van der Waals surface area contributed by atoms with E-state index in [1.807, 2.05) is 13.8 Å². The molecule has 1 aromatic heterocycles. The first-order chi connectivity index (χ1) is 9.80. The minimum absolute atomic E-state index is 0.0244. The first-order valence-corrected chi connectivity index (χ1v) is 8.91. The standard InChI is InChI=1S/C14H17ClFNO3S/c1-10(2)9-20-7-6-17-8-13(21(15,18)19)14-11(16)4-3-5-12(14)17/h3-5,8,10H,6-7,9H2,1-2H3. The molecule has 7 heteroatoms. The Bertz CT molecular complexity index is 740. The molecule has 1 heterocycles. The summed E-state index contributed by atoms with van der Waals surface area (Å²) in [6.45, 7) is 5.55. The number of ether oxygens (including phenoxy) is 1. The Morgan fingerprint density at radius 1 is 1.38 bits per heavy atom. The van der Waals surface area contributed by atoms with Crippen LogP contribution in [0.4, 0.5) is 4.39 Å². The van der Waals surface area contributed by atoms with Crippen LogP contribution in [0, 0.1) is 11.7 Å². The Kier molecular flexibility index (Phi) is 4.91. The zero-order chi connectivity index (χ0) is 15.6. The van der Waals surface area contributed by atoms with E-state index < -0.39 is 14.9 Å². The summed E-state index contributed by atoms with van der Waals surface area (Å²) in [6, 6.07) is 4.41. The molecule has 0 atom stereocenters. The maximum atomic E-state index is 13.9. The van der Waals surface area contributed by atoms with Gasteiger partial charge < -0.3 is 9.30 Å². The molecule has 1 aromatic carbocycles. The smallest absolute Gasteiger partial charge is 0.263 e.